The molecule has 0 aromatic heterocycles. The minimum atomic E-state index is -0.810. The molecule has 0 saturated heterocycles. The molecule has 4 aliphatic rings. The number of rotatable bonds is 4. The zero-order valence-electron chi connectivity index (χ0n) is 23.1. The van der Waals surface area contributed by atoms with E-state index in [2.05, 4.69) is 54.5 Å². The Morgan fingerprint density at radius 3 is 2.21 bits per heavy atom. The first-order chi connectivity index (χ1) is 15.5. The first-order valence-electron chi connectivity index (χ1n) is 13.9. The molecule has 4 heteroatoms. The first kappa shape index (κ1) is 26.6. The highest BCUT2D eigenvalue weighted by atomic mass is 16.3. The Balaban J connectivity index is 1.70. The lowest BCUT2D eigenvalue weighted by Crippen LogP contribution is -2.69. The van der Waals surface area contributed by atoms with Crippen LogP contribution < -0.4 is 0 Å². The Labute approximate surface area is 208 Å². The molecule has 4 rings (SSSR count). The Morgan fingerprint density at radius 1 is 0.941 bits per heavy atom. The third kappa shape index (κ3) is 3.60. The van der Waals surface area contributed by atoms with E-state index in [-0.39, 0.29) is 39.4 Å². The van der Waals surface area contributed by atoms with Crippen molar-refractivity contribution in [3.8, 4) is 0 Å². The van der Waals surface area contributed by atoms with Gasteiger partial charge in [-0.3, -0.25) is 0 Å². The van der Waals surface area contributed by atoms with E-state index in [1.54, 1.807) is 0 Å². The van der Waals surface area contributed by atoms with Crippen LogP contribution in [-0.2, 0) is 0 Å². The Bertz CT molecular complexity index is 813. The fraction of sp³-hybridized carbons (Fsp3) is 0.933. The monoisotopic (exact) mass is 476 g/mol. The molecule has 0 amide bonds. The van der Waals surface area contributed by atoms with Crippen molar-refractivity contribution >= 4 is 0 Å². The van der Waals surface area contributed by atoms with Gasteiger partial charge in [-0.25, -0.2) is 0 Å². The molecule has 0 aromatic rings. The van der Waals surface area contributed by atoms with E-state index in [1.165, 1.54) is 5.57 Å². The van der Waals surface area contributed by atoms with Gasteiger partial charge in [-0.15, -0.1) is 0 Å². The van der Waals surface area contributed by atoms with E-state index < -0.39 is 23.9 Å². The van der Waals surface area contributed by atoms with Crippen molar-refractivity contribution in [2.24, 2.45) is 45.3 Å². The summed E-state index contributed by atoms with van der Waals surface area (Å²) in [5.41, 5.74) is -0.230. The topological polar surface area (TPSA) is 80.9 Å². The Hall–Kier alpha value is -0.420. The second kappa shape index (κ2) is 8.30. The highest BCUT2D eigenvalue weighted by Crippen LogP contribution is 2.75. The lowest BCUT2D eigenvalue weighted by atomic mass is 9.34. The maximum atomic E-state index is 11.8. The fourth-order valence-corrected chi connectivity index (χ4v) is 10.5. The molecule has 4 saturated carbocycles. The highest BCUT2D eigenvalue weighted by molar-refractivity contribution is 5.21. The second-order valence-corrected chi connectivity index (χ2v) is 14.7. The third-order valence-electron chi connectivity index (χ3n) is 12.3. The number of allylic oxidation sites excluding steroid dienone is 2. The second-order valence-electron chi connectivity index (χ2n) is 14.7. The predicted octanol–water partition coefficient (Wildman–Crippen LogP) is 5.47. The minimum Gasteiger partial charge on any atom is -0.393 e. The summed E-state index contributed by atoms with van der Waals surface area (Å²) >= 11 is 0. The quantitative estimate of drug-likeness (QED) is 0.406. The van der Waals surface area contributed by atoms with Gasteiger partial charge in [0.05, 0.1) is 23.9 Å². The van der Waals surface area contributed by atoms with Crippen LogP contribution in [0.5, 0.6) is 0 Å². The molecule has 196 valence electrons. The van der Waals surface area contributed by atoms with Crippen molar-refractivity contribution in [1.82, 2.24) is 0 Å². The fourth-order valence-electron chi connectivity index (χ4n) is 10.5. The largest absolute Gasteiger partial charge is 0.393 e. The van der Waals surface area contributed by atoms with Gasteiger partial charge in [0.25, 0.3) is 0 Å². The lowest BCUT2D eigenvalue weighted by Gasteiger charge is -2.71. The Morgan fingerprint density at radius 2 is 1.59 bits per heavy atom. The minimum absolute atomic E-state index is 0.0264. The zero-order chi connectivity index (χ0) is 25.5. The van der Waals surface area contributed by atoms with E-state index in [0.717, 1.165) is 51.4 Å². The van der Waals surface area contributed by atoms with E-state index in [0.29, 0.717) is 5.92 Å². The number of fused-ring (bicyclic) bond motifs is 5. The van der Waals surface area contributed by atoms with Crippen LogP contribution in [0.3, 0.4) is 0 Å². The highest BCUT2D eigenvalue weighted by Gasteiger charge is 2.72. The van der Waals surface area contributed by atoms with E-state index in [4.69, 9.17) is 0 Å². The molecular formula is C30H52O4. The van der Waals surface area contributed by atoms with Crippen LogP contribution in [0.1, 0.15) is 107 Å². The summed E-state index contributed by atoms with van der Waals surface area (Å²) < 4.78 is 0. The molecule has 0 spiro atoms. The van der Waals surface area contributed by atoms with Gasteiger partial charge in [0, 0.05) is 0 Å². The molecule has 0 bridgehead atoms. The summed E-state index contributed by atoms with van der Waals surface area (Å²) in [6.45, 7) is 17.5. The van der Waals surface area contributed by atoms with Gasteiger partial charge in [-0.1, -0.05) is 46.3 Å². The molecule has 4 N–H and O–H groups in total. The maximum Gasteiger partial charge on any atom is 0.0654 e. The standard InChI is InChI=1S/C30H52O4/c1-18(2)10-9-13-30(8,34)19-11-15-28(6)24(19)20(31)16-22-27(5)14-12-23(33)26(3,4)25(27)21(32)17-29(22,28)7/h10,19-25,31-34H,9,11-17H2,1-8H3/t19-,20-,21-,22-,23+,24+,25+,27-,28-,29-,30-/m1/s1. The molecule has 4 fully saturated rings. The summed E-state index contributed by atoms with van der Waals surface area (Å²) in [5.74, 6) is 0.442. The van der Waals surface area contributed by atoms with Gasteiger partial charge in [-0.05, 0) is 117 Å². The van der Waals surface area contributed by atoms with Crippen molar-refractivity contribution in [2.45, 2.75) is 131 Å². The van der Waals surface area contributed by atoms with E-state index in [1.807, 2.05) is 6.92 Å². The predicted molar refractivity (Wildman–Crippen MR) is 137 cm³/mol. The van der Waals surface area contributed by atoms with Crippen molar-refractivity contribution in [3.63, 3.8) is 0 Å². The molecule has 0 heterocycles. The normalized spacial score (nSPS) is 51.6. The van der Waals surface area contributed by atoms with Crippen LogP contribution >= 0.6 is 0 Å². The first-order valence-corrected chi connectivity index (χ1v) is 13.9. The summed E-state index contributed by atoms with van der Waals surface area (Å²) in [6.07, 6.45) is 7.54. The molecule has 0 aliphatic heterocycles. The lowest BCUT2D eigenvalue weighted by molar-refractivity contribution is -0.274. The molecule has 11 atom stereocenters. The molecule has 34 heavy (non-hydrogen) atoms. The number of aliphatic hydroxyl groups excluding tert-OH is 3. The van der Waals surface area contributed by atoms with Crippen LogP contribution in [0.2, 0.25) is 0 Å². The van der Waals surface area contributed by atoms with Gasteiger partial charge in [0.2, 0.25) is 0 Å². The van der Waals surface area contributed by atoms with Crippen LogP contribution in [0.25, 0.3) is 0 Å². The van der Waals surface area contributed by atoms with Crippen LogP contribution in [0.15, 0.2) is 11.6 Å². The Kier molecular flexibility index (Phi) is 6.50. The number of hydrogen-bond donors (Lipinski definition) is 4. The van der Waals surface area contributed by atoms with Crippen molar-refractivity contribution < 1.29 is 20.4 Å². The van der Waals surface area contributed by atoms with Crippen LogP contribution in [0.4, 0.5) is 0 Å². The van der Waals surface area contributed by atoms with Gasteiger partial charge in [0.1, 0.15) is 0 Å². The van der Waals surface area contributed by atoms with Crippen molar-refractivity contribution in [2.75, 3.05) is 0 Å². The summed E-state index contributed by atoms with van der Waals surface area (Å²) in [4.78, 5) is 0. The van der Waals surface area contributed by atoms with E-state index in [9.17, 15) is 20.4 Å². The van der Waals surface area contributed by atoms with E-state index >= 15 is 0 Å². The molecule has 0 unspecified atom stereocenters. The molecular weight excluding hydrogens is 424 g/mol. The van der Waals surface area contributed by atoms with Crippen molar-refractivity contribution in [3.05, 3.63) is 11.6 Å². The zero-order valence-corrected chi connectivity index (χ0v) is 23.1. The summed E-state index contributed by atoms with van der Waals surface area (Å²) in [6, 6.07) is 0. The van der Waals surface area contributed by atoms with Gasteiger partial charge >= 0.3 is 0 Å². The van der Waals surface area contributed by atoms with Crippen LogP contribution in [0, 0.1) is 45.3 Å². The molecule has 4 aliphatic carbocycles. The summed E-state index contributed by atoms with van der Waals surface area (Å²) in [5, 5.41) is 46.0. The third-order valence-corrected chi connectivity index (χ3v) is 12.3. The smallest absolute Gasteiger partial charge is 0.0654 e. The van der Waals surface area contributed by atoms with Gasteiger partial charge in [0.15, 0.2) is 0 Å². The summed E-state index contributed by atoms with van der Waals surface area (Å²) in [7, 11) is 0. The molecule has 0 aromatic carbocycles. The molecule has 4 nitrogen and oxygen atoms in total. The van der Waals surface area contributed by atoms with Crippen molar-refractivity contribution in [1.29, 1.82) is 0 Å². The number of hydrogen-bond acceptors (Lipinski definition) is 4. The maximum absolute atomic E-state index is 11.8. The number of aliphatic hydroxyl groups is 4. The van der Waals surface area contributed by atoms with Gasteiger partial charge in [-0.2, -0.15) is 0 Å². The van der Waals surface area contributed by atoms with Crippen LogP contribution in [-0.4, -0.2) is 44.3 Å². The SMILES string of the molecule is CC(C)=CCC[C@@](C)(O)[C@@H]1CC[C@]2(C)[C@@H]1[C@H](O)C[C@@H]1[C@@]3(C)CC[C@H](O)C(C)(C)[C@@H]3[C@H](O)C[C@]12C. The average Bonchev–Trinajstić information content (AvgIpc) is 3.07. The van der Waals surface area contributed by atoms with Gasteiger partial charge < -0.3 is 20.4 Å². The average molecular weight is 477 g/mol. The molecule has 0 radical (unpaired) electrons.